The van der Waals surface area contributed by atoms with Crippen LogP contribution in [0.5, 0.6) is 0 Å². The number of hydrogen-bond donors (Lipinski definition) is 2. The van der Waals surface area contributed by atoms with E-state index >= 15 is 0 Å². The minimum absolute atomic E-state index is 0. The summed E-state index contributed by atoms with van der Waals surface area (Å²) in [6.07, 6.45) is 0. The normalized spacial score (nSPS) is 4.50. The Morgan fingerprint density at radius 1 is 1.33 bits per heavy atom. The summed E-state index contributed by atoms with van der Waals surface area (Å²) in [6, 6.07) is 0. The van der Waals surface area contributed by atoms with Gasteiger partial charge in [-0.2, -0.15) is 0 Å². The Labute approximate surface area is 51.4 Å². The Kier molecular flexibility index (Phi) is 24.4. The van der Waals surface area contributed by atoms with Crippen LogP contribution in [-0.4, -0.2) is 45.9 Å². The molecular weight excluding hydrogens is 99.1 g/mol. The molecule has 6 heteroatoms. The van der Waals surface area contributed by atoms with E-state index in [4.69, 9.17) is 15.1 Å². The molecule has 0 aromatic rings. The van der Waals surface area contributed by atoms with Crippen LogP contribution in [0.25, 0.3) is 0 Å². The van der Waals surface area contributed by atoms with E-state index in [1.165, 1.54) is 0 Å². The fourth-order valence-corrected chi connectivity index (χ4v) is 0. The van der Waals surface area contributed by atoms with Crippen molar-refractivity contribution in [3.8, 4) is 0 Å². The van der Waals surface area contributed by atoms with E-state index < -0.39 is 7.32 Å². The van der Waals surface area contributed by atoms with Crippen molar-refractivity contribution >= 4 is 30.4 Å². The van der Waals surface area contributed by atoms with Crippen molar-refractivity contribution in [3.63, 3.8) is 0 Å². The van der Waals surface area contributed by atoms with Crippen LogP contribution in [0.15, 0.2) is 0 Å². The van der Waals surface area contributed by atoms with E-state index in [1.807, 2.05) is 0 Å². The van der Waals surface area contributed by atoms with Crippen molar-refractivity contribution in [1.29, 1.82) is 0 Å². The predicted octanol–water partition coefficient (Wildman–Crippen LogP) is -3.24. The summed E-state index contributed by atoms with van der Waals surface area (Å²) < 4.78 is 0. The van der Waals surface area contributed by atoms with Crippen molar-refractivity contribution in [2.75, 3.05) is 0 Å². The first-order chi connectivity index (χ1) is 1.73. The molecule has 0 saturated carbocycles. The summed E-state index contributed by atoms with van der Waals surface area (Å²) in [5, 5.41) is 22.8. The molecule has 0 radical (unpaired) electrons. The van der Waals surface area contributed by atoms with Crippen LogP contribution >= 0.6 is 0 Å². The Hall–Kier alpha value is 0.671. The Bertz CT molecular complexity index is 12.3. The summed E-state index contributed by atoms with van der Waals surface area (Å²) in [7, 11) is -2.42. The first-order valence-corrected chi connectivity index (χ1v) is 0.752. The van der Waals surface area contributed by atoms with Gasteiger partial charge in [0.25, 0.3) is 0 Å². The molecule has 32 valence electrons. The average molecular weight is 102 g/mol. The van der Waals surface area contributed by atoms with Crippen LogP contribution in [0.4, 0.5) is 0 Å². The fourth-order valence-electron chi connectivity index (χ4n) is 0. The molecule has 0 aromatic heterocycles. The van der Waals surface area contributed by atoms with Gasteiger partial charge in [-0.1, -0.05) is 0 Å². The van der Waals surface area contributed by atoms with Gasteiger partial charge in [0.05, 0.1) is 0 Å². The van der Waals surface area contributed by atoms with Gasteiger partial charge >= 0.3 is 30.4 Å². The van der Waals surface area contributed by atoms with Crippen molar-refractivity contribution in [2.24, 2.45) is 0 Å². The monoisotopic (exact) mass is 102 g/mol. The van der Waals surface area contributed by atoms with E-state index in [0.717, 1.165) is 0 Å². The molecule has 0 saturated heterocycles. The Morgan fingerprint density at radius 2 is 1.33 bits per heavy atom. The third-order valence-electron chi connectivity index (χ3n) is 0. The third-order valence-corrected chi connectivity index (χ3v) is 0. The molecule has 0 heterocycles. The van der Waals surface area contributed by atoms with Crippen LogP contribution in [0.3, 0.4) is 0 Å². The molecule has 0 amide bonds. The van der Waals surface area contributed by atoms with E-state index in [-0.39, 0.29) is 28.5 Å². The van der Waals surface area contributed by atoms with Gasteiger partial charge in [0.1, 0.15) is 0 Å². The molecule has 0 aliphatic rings. The van der Waals surface area contributed by atoms with E-state index in [0.29, 0.717) is 0 Å². The van der Waals surface area contributed by atoms with E-state index in [2.05, 4.69) is 0 Å². The van der Waals surface area contributed by atoms with Gasteiger partial charge in [0.15, 0.2) is 0 Å². The summed E-state index contributed by atoms with van der Waals surface area (Å²) in [5.74, 6) is 0. The zero-order chi connectivity index (χ0) is 3.58. The molecule has 0 rings (SSSR count). The Morgan fingerprint density at radius 3 is 1.33 bits per heavy atom. The zero-order valence-electron chi connectivity index (χ0n) is 3.03. The maximum Gasteiger partial charge on any atom is 2.00 e. The van der Waals surface area contributed by atoms with Crippen LogP contribution in [0.1, 0.15) is 0 Å². The van der Waals surface area contributed by atoms with Gasteiger partial charge in [0.2, 0.25) is 0 Å². The maximum absolute atomic E-state index is 8.64. The first kappa shape index (κ1) is 15.9. The number of rotatable bonds is 0. The van der Waals surface area contributed by atoms with Crippen molar-refractivity contribution < 1.29 is 20.5 Å². The summed E-state index contributed by atoms with van der Waals surface area (Å²) in [4.78, 5) is 0. The minimum atomic E-state index is -2.42. The van der Waals surface area contributed by atoms with E-state index in [9.17, 15) is 0 Å². The zero-order valence-corrected chi connectivity index (χ0v) is 4.45. The Balaban J connectivity index is -0.0000000450. The summed E-state index contributed by atoms with van der Waals surface area (Å²) in [6.45, 7) is 0. The van der Waals surface area contributed by atoms with Gasteiger partial charge in [-0.15, -0.1) is 0 Å². The molecule has 0 aliphatic heterocycles. The van der Waals surface area contributed by atoms with Crippen LogP contribution < -0.4 is 5.02 Å². The van der Waals surface area contributed by atoms with E-state index in [1.54, 1.807) is 0 Å². The molecule has 0 bridgehead atoms. The van der Waals surface area contributed by atoms with Crippen LogP contribution in [-0.2, 0) is 0 Å². The van der Waals surface area contributed by atoms with Crippen LogP contribution in [0.2, 0.25) is 0 Å². The SMILES string of the molecule is [Mg+2].[O-]B(O)O.[OH-]. The molecule has 0 aliphatic carbocycles. The molecule has 0 spiro atoms. The fraction of sp³-hybridized carbons (Fsp3) is 0. The predicted molar refractivity (Wildman–Crippen MR) is 17.9 cm³/mol. The molecule has 0 fully saturated rings. The molecule has 4 nitrogen and oxygen atoms in total. The standard InChI is InChI=1S/BH2O3.Mg.H2O/c2-1(3)4;;/h2-3H;;1H2/q-1;+2;/p-1. The molecule has 6 heavy (non-hydrogen) atoms. The molecule has 3 N–H and O–H groups in total. The van der Waals surface area contributed by atoms with Crippen molar-refractivity contribution in [2.45, 2.75) is 0 Å². The molecule has 0 unspecified atom stereocenters. The van der Waals surface area contributed by atoms with Crippen molar-refractivity contribution in [3.05, 3.63) is 0 Å². The number of hydrogen-bond acceptors (Lipinski definition) is 4. The second-order valence-electron chi connectivity index (χ2n) is 0.326. The quantitative estimate of drug-likeness (QED) is 0.314. The summed E-state index contributed by atoms with van der Waals surface area (Å²) in [5.41, 5.74) is 0. The molecular formula is H3BMgO4. The minimum Gasteiger partial charge on any atom is -0.870 e. The van der Waals surface area contributed by atoms with Gasteiger partial charge in [-0.25, -0.2) is 0 Å². The molecule has 0 atom stereocenters. The topological polar surface area (TPSA) is 93.5 Å². The van der Waals surface area contributed by atoms with Gasteiger partial charge in [-0.05, 0) is 0 Å². The smallest absolute Gasteiger partial charge is 0.870 e. The second-order valence-corrected chi connectivity index (χ2v) is 0.326. The summed E-state index contributed by atoms with van der Waals surface area (Å²) >= 11 is 0. The maximum atomic E-state index is 8.64. The molecule has 0 aromatic carbocycles. The van der Waals surface area contributed by atoms with Gasteiger partial charge in [-0.3, -0.25) is 0 Å². The first-order valence-electron chi connectivity index (χ1n) is 0.752. The largest absolute Gasteiger partial charge is 2.00 e. The van der Waals surface area contributed by atoms with Crippen molar-refractivity contribution in [1.82, 2.24) is 0 Å². The van der Waals surface area contributed by atoms with Crippen LogP contribution in [0, 0.1) is 0 Å². The second kappa shape index (κ2) is 9.18. The average Bonchev–Trinajstić information content (AvgIpc) is 0.811. The van der Waals surface area contributed by atoms with Gasteiger partial charge in [0, 0.05) is 0 Å². The third kappa shape index (κ3) is 140. The van der Waals surface area contributed by atoms with Gasteiger partial charge < -0.3 is 20.5 Å².